The van der Waals surface area contributed by atoms with Gasteiger partial charge in [-0.25, -0.2) is 8.42 Å². The minimum atomic E-state index is -4.11. The number of rotatable bonds is 12. The molecule has 3 aromatic rings. The summed E-state index contributed by atoms with van der Waals surface area (Å²) in [6.07, 6.45) is 0.353. The Morgan fingerprint density at radius 2 is 1.55 bits per heavy atom. The molecule has 0 spiro atoms. The van der Waals surface area contributed by atoms with Gasteiger partial charge in [0.1, 0.15) is 12.6 Å². The van der Waals surface area contributed by atoms with Crippen LogP contribution in [0.2, 0.25) is 5.02 Å². The fourth-order valence-corrected chi connectivity index (χ4v) is 5.91. The number of hydrogen-bond donors (Lipinski definition) is 1. The van der Waals surface area contributed by atoms with Gasteiger partial charge in [-0.05, 0) is 73.4 Å². The summed E-state index contributed by atoms with van der Waals surface area (Å²) in [5.74, 6) is -0.551. The number of carbonyl (C=O) groups excluding carboxylic acids is 2. The van der Waals surface area contributed by atoms with Crippen LogP contribution in [-0.2, 0) is 26.2 Å². The van der Waals surface area contributed by atoms with Crippen LogP contribution in [0.4, 0.5) is 5.69 Å². The average molecular weight is 649 g/mol. The molecule has 10 heteroatoms. The van der Waals surface area contributed by atoms with Gasteiger partial charge in [0.15, 0.2) is 0 Å². The summed E-state index contributed by atoms with van der Waals surface area (Å²) >= 11 is 9.45. The Morgan fingerprint density at radius 3 is 2.10 bits per heavy atom. The Bertz CT molecular complexity index is 1400. The van der Waals surface area contributed by atoms with E-state index in [1.807, 2.05) is 27.7 Å². The lowest BCUT2D eigenvalue weighted by Gasteiger charge is -2.33. The first-order valence-corrected chi connectivity index (χ1v) is 15.7. The highest BCUT2D eigenvalue weighted by atomic mass is 79.9. The van der Waals surface area contributed by atoms with E-state index in [2.05, 4.69) is 21.2 Å². The van der Waals surface area contributed by atoms with Crippen LogP contribution in [0.25, 0.3) is 0 Å². The maximum atomic E-state index is 14.0. The van der Waals surface area contributed by atoms with Crippen LogP contribution in [-0.4, -0.2) is 44.3 Å². The van der Waals surface area contributed by atoms with Crippen molar-refractivity contribution in [3.8, 4) is 0 Å². The summed E-state index contributed by atoms with van der Waals surface area (Å²) in [5.41, 5.74) is 2.02. The third-order valence-corrected chi connectivity index (χ3v) is 8.91. The average Bonchev–Trinajstić information content (AvgIpc) is 2.92. The summed E-state index contributed by atoms with van der Waals surface area (Å²) in [4.78, 5) is 28.8. The van der Waals surface area contributed by atoms with Gasteiger partial charge in [0, 0.05) is 22.6 Å². The molecule has 0 saturated carbocycles. The summed E-state index contributed by atoms with van der Waals surface area (Å²) in [6, 6.07) is 19.4. The molecule has 2 amide bonds. The van der Waals surface area contributed by atoms with Crippen molar-refractivity contribution in [2.24, 2.45) is 5.92 Å². The van der Waals surface area contributed by atoms with E-state index in [9.17, 15) is 18.0 Å². The summed E-state index contributed by atoms with van der Waals surface area (Å²) in [7, 11) is -4.11. The van der Waals surface area contributed by atoms with E-state index in [1.165, 1.54) is 17.0 Å². The molecule has 0 bridgehead atoms. The first-order chi connectivity index (χ1) is 18.9. The third-order valence-electron chi connectivity index (χ3n) is 6.34. The van der Waals surface area contributed by atoms with Gasteiger partial charge in [-0.3, -0.25) is 13.9 Å². The van der Waals surface area contributed by atoms with E-state index < -0.39 is 28.5 Å². The number of sulfonamides is 1. The molecule has 1 atom stereocenters. The van der Waals surface area contributed by atoms with Gasteiger partial charge < -0.3 is 10.2 Å². The second-order valence-electron chi connectivity index (χ2n) is 10.0. The second-order valence-corrected chi connectivity index (χ2v) is 13.2. The molecule has 0 saturated heterocycles. The maximum absolute atomic E-state index is 14.0. The Morgan fingerprint density at radius 1 is 0.950 bits per heavy atom. The van der Waals surface area contributed by atoms with Crippen molar-refractivity contribution < 1.29 is 18.0 Å². The highest BCUT2D eigenvalue weighted by molar-refractivity contribution is 9.10. The van der Waals surface area contributed by atoms with Crippen LogP contribution in [0.5, 0.6) is 0 Å². The molecule has 3 rings (SSSR count). The van der Waals surface area contributed by atoms with Gasteiger partial charge in [0.2, 0.25) is 11.8 Å². The number of nitrogens with one attached hydrogen (secondary N) is 1. The highest BCUT2D eigenvalue weighted by Crippen LogP contribution is 2.26. The highest BCUT2D eigenvalue weighted by Gasteiger charge is 2.33. The fourth-order valence-electron chi connectivity index (χ4n) is 4.10. The van der Waals surface area contributed by atoms with Gasteiger partial charge in [-0.15, -0.1) is 0 Å². The smallest absolute Gasteiger partial charge is 0.264 e. The Hall–Kier alpha value is -2.88. The quantitative estimate of drug-likeness (QED) is 0.254. The van der Waals surface area contributed by atoms with Crippen molar-refractivity contribution in [3.63, 3.8) is 0 Å². The number of anilines is 1. The SMILES string of the molecule is CC[C@@H](C(=O)NCC(C)C)N(Cc1ccc(Cl)cc1)C(=O)CN(c1ccc(Br)cc1)S(=O)(=O)c1ccc(C)cc1. The van der Waals surface area contributed by atoms with Crippen LogP contribution in [0.3, 0.4) is 0 Å². The lowest BCUT2D eigenvalue weighted by molar-refractivity contribution is -0.140. The van der Waals surface area contributed by atoms with Crippen LogP contribution < -0.4 is 9.62 Å². The predicted octanol–water partition coefficient (Wildman–Crippen LogP) is 6.19. The molecule has 0 fully saturated rings. The Balaban J connectivity index is 2.03. The van der Waals surface area contributed by atoms with Gasteiger partial charge in [-0.1, -0.05) is 78.1 Å². The first-order valence-electron chi connectivity index (χ1n) is 13.1. The number of benzene rings is 3. The lowest BCUT2D eigenvalue weighted by Crippen LogP contribution is -2.52. The van der Waals surface area contributed by atoms with Crippen molar-refractivity contribution in [1.82, 2.24) is 10.2 Å². The number of nitrogens with zero attached hydrogens (tertiary/aromatic N) is 2. The zero-order chi connectivity index (χ0) is 29.4. The van der Waals surface area contributed by atoms with Crippen LogP contribution >= 0.6 is 27.5 Å². The first kappa shape index (κ1) is 31.6. The van der Waals surface area contributed by atoms with Crippen LogP contribution in [0.15, 0.2) is 82.2 Å². The molecule has 0 aliphatic rings. The Kier molecular flexibility index (Phi) is 11.2. The number of halogens is 2. The monoisotopic (exact) mass is 647 g/mol. The summed E-state index contributed by atoms with van der Waals surface area (Å²) in [6.45, 7) is 7.77. The van der Waals surface area contributed by atoms with E-state index in [0.717, 1.165) is 19.9 Å². The summed E-state index contributed by atoms with van der Waals surface area (Å²) in [5, 5.41) is 3.47. The normalized spacial score (nSPS) is 12.2. The van der Waals surface area contributed by atoms with E-state index in [0.29, 0.717) is 23.7 Å². The molecule has 1 N–H and O–H groups in total. The number of amides is 2. The third kappa shape index (κ3) is 8.32. The van der Waals surface area contributed by atoms with Crippen molar-refractivity contribution in [2.75, 3.05) is 17.4 Å². The maximum Gasteiger partial charge on any atom is 0.264 e. The molecule has 7 nitrogen and oxygen atoms in total. The van der Waals surface area contributed by atoms with E-state index in [-0.39, 0.29) is 23.3 Å². The largest absolute Gasteiger partial charge is 0.354 e. The second kappa shape index (κ2) is 14.1. The molecule has 214 valence electrons. The molecule has 3 aromatic carbocycles. The van der Waals surface area contributed by atoms with Gasteiger partial charge >= 0.3 is 0 Å². The molecular weight excluding hydrogens is 614 g/mol. The molecule has 0 aliphatic carbocycles. The minimum absolute atomic E-state index is 0.0692. The summed E-state index contributed by atoms with van der Waals surface area (Å²) < 4.78 is 29.6. The minimum Gasteiger partial charge on any atom is -0.354 e. The molecule has 0 radical (unpaired) electrons. The van der Waals surface area contributed by atoms with Crippen molar-refractivity contribution in [3.05, 3.63) is 93.4 Å². The molecule has 40 heavy (non-hydrogen) atoms. The van der Waals surface area contributed by atoms with Crippen molar-refractivity contribution in [1.29, 1.82) is 0 Å². The van der Waals surface area contributed by atoms with E-state index in [4.69, 9.17) is 11.6 Å². The number of hydrogen-bond acceptors (Lipinski definition) is 4. The molecule has 0 heterocycles. The standard InChI is InChI=1S/C30H35BrClN3O4S/c1-5-28(30(37)33-18-21(2)3)34(19-23-8-12-25(32)13-9-23)29(36)20-35(26-14-10-24(31)11-15-26)40(38,39)27-16-6-22(4)7-17-27/h6-17,21,28H,5,18-20H2,1-4H3,(H,33,37)/t28-/m0/s1. The topological polar surface area (TPSA) is 86.8 Å². The van der Waals surface area contributed by atoms with Crippen LogP contribution in [0.1, 0.15) is 38.3 Å². The van der Waals surface area contributed by atoms with Crippen LogP contribution in [0, 0.1) is 12.8 Å². The van der Waals surface area contributed by atoms with Crippen molar-refractivity contribution in [2.45, 2.75) is 51.6 Å². The number of aryl methyl sites for hydroxylation is 1. The fraction of sp³-hybridized carbons (Fsp3) is 0.333. The zero-order valence-corrected chi connectivity index (χ0v) is 26.3. The van der Waals surface area contributed by atoms with E-state index in [1.54, 1.807) is 60.7 Å². The molecule has 0 aromatic heterocycles. The molecule has 0 aliphatic heterocycles. The van der Waals surface area contributed by atoms with Crippen molar-refractivity contribution >= 4 is 55.1 Å². The van der Waals surface area contributed by atoms with Gasteiger partial charge in [-0.2, -0.15) is 0 Å². The lowest BCUT2D eigenvalue weighted by atomic mass is 10.1. The Labute approximate surface area is 250 Å². The van der Waals surface area contributed by atoms with Gasteiger partial charge in [0.05, 0.1) is 10.6 Å². The molecular formula is C30H35BrClN3O4S. The molecule has 0 unspecified atom stereocenters. The zero-order valence-electron chi connectivity index (χ0n) is 23.1. The van der Waals surface area contributed by atoms with E-state index >= 15 is 0 Å². The van der Waals surface area contributed by atoms with Gasteiger partial charge in [0.25, 0.3) is 10.0 Å². The predicted molar refractivity (Wildman–Crippen MR) is 164 cm³/mol. The number of carbonyl (C=O) groups is 2.